The largest absolute Gasteiger partial charge is 0.294 e. The van der Waals surface area contributed by atoms with E-state index in [1.165, 1.54) is 0 Å². The first-order valence-corrected chi connectivity index (χ1v) is 11.1. The normalized spacial score (nSPS) is 13.5. The van der Waals surface area contributed by atoms with E-state index in [0.717, 1.165) is 47.5 Å². The molecule has 1 aliphatic rings. The summed E-state index contributed by atoms with van der Waals surface area (Å²) in [5.74, 6) is 0. The number of rotatable bonds is 5. The lowest BCUT2D eigenvalue weighted by Gasteiger charge is -2.29. The number of nitrogens with zero attached hydrogens (tertiary/aromatic N) is 4. The molecule has 0 aliphatic carbocycles. The molecule has 1 aliphatic heterocycles. The minimum absolute atomic E-state index is 0.0160. The summed E-state index contributed by atoms with van der Waals surface area (Å²) in [7, 11) is 0. The molecule has 0 radical (unpaired) electrons. The molecule has 0 spiro atoms. The molecule has 0 bridgehead atoms. The summed E-state index contributed by atoms with van der Waals surface area (Å²) in [6.45, 7) is 2.16. The summed E-state index contributed by atoms with van der Waals surface area (Å²) in [6.07, 6.45) is 2.46. The van der Waals surface area contributed by atoms with Crippen molar-refractivity contribution in [1.29, 1.82) is 5.26 Å². The molecule has 0 fully saturated rings. The predicted octanol–water partition coefficient (Wildman–Crippen LogP) is 4.31. The van der Waals surface area contributed by atoms with Crippen molar-refractivity contribution in [1.82, 2.24) is 14.5 Å². The fourth-order valence-electron chi connectivity index (χ4n) is 4.53. The molecule has 162 valence electrons. The predicted molar refractivity (Wildman–Crippen MR) is 128 cm³/mol. The Balaban J connectivity index is 1.49. The highest BCUT2D eigenvalue weighted by molar-refractivity contribution is 5.34. The van der Waals surface area contributed by atoms with Gasteiger partial charge in [-0.15, -0.1) is 0 Å². The Kier molecular flexibility index (Phi) is 5.84. The van der Waals surface area contributed by atoms with Gasteiger partial charge in [0.1, 0.15) is 0 Å². The molecular weight excluding hydrogens is 408 g/mol. The van der Waals surface area contributed by atoms with Crippen LogP contribution in [-0.4, -0.2) is 21.0 Å². The van der Waals surface area contributed by atoms with Gasteiger partial charge in [-0.2, -0.15) is 5.26 Å². The van der Waals surface area contributed by atoms with Crippen molar-refractivity contribution in [3.05, 3.63) is 135 Å². The van der Waals surface area contributed by atoms with Crippen LogP contribution in [0.1, 0.15) is 39.6 Å². The smallest absolute Gasteiger partial charge is 0.258 e. The van der Waals surface area contributed by atoms with Crippen molar-refractivity contribution in [3.8, 4) is 6.07 Å². The molecule has 0 amide bonds. The van der Waals surface area contributed by atoms with Gasteiger partial charge in [-0.3, -0.25) is 14.3 Å². The van der Waals surface area contributed by atoms with Crippen molar-refractivity contribution >= 4 is 0 Å². The first-order chi connectivity index (χ1) is 16.2. The van der Waals surface area contributed by atoms with E-state index < -0.39 is 0 Å². The van der Waals surface area contributed by atoms with Gasteiger partial charge in [0.15, 0.2) is 0 Å². The van der Waals surface area contributed by atoms with E-state index in [4.69, 9.17) is 10.2 Å². The Bertz CT molecular complexity index is 1300. The third-order valence-electron chi connectivity index (χ3n) is 6.22. The summed E-state index contributed by atoms with van der Waals surface area (Å²) < 4.78 is 1.77. The van der Waals surface area contributed by atoms with Gasteiger partial charge < -0.3 is 0 Å². The van der Waals surface area contributed by atoms with Crippen LogP contribution in [0.5, 0.6) is 0 Å². The Labute approximate surface area is 193 Å². The van der Waals surface area contributed by atoms with Crippen molar-refractivity contribution < 1.29 is 0 Å². The van der Waals surface area contributed by atoms with E-state index in [1.807, 2.05) is 60.7 Å². The van der Waals surface area contributed by atoms with Gasteiger partial charge in [-0.1, -0.05) is 72.8 Å². The van der Waals surface area contributed by atoms with Gasteiger partial charge in [0, 0.05) is 26.1 Å². The van der Waals surface area contributed by atoms with Crippen molar-refractivity contribution in [3.63, 3.8) is 0 Å². The van der Waals surface area contributed by atoms with Gasteiger partial charge in [0.2, 0.25) is 0 Å². The van der Waals surface area contributed by atoms with Crippen LogP contribution < -0.4 is 5.56 Å². The number of hydrogen-bond acceptors (Lipinski definition) is 4. The lowest BCUT2D eigenvalue weighted by atomic mass is 9.98. The minimum Gasteiger partial charge on any atom is -0.294 e. The van der Waals surface area contributed by atoms with Crippen LogP contribution in [0.15, 0.2) is 96.1 Å². The zero-order chi connectivity index (χ0) is 22.6. The van der Waals surface area contributed by atoms with E-state index in [2.05, 4.69) is 35.2 Å². The standard InChI is InChI=1S/C28H24N4O/c29-17-21-11-13-22(14-12-21)18-31-16-15-26-25(19-31)28(33)32(20-30-26)27(23-7-3-1-4-8-23)24-9-5-2-6-10-24/h1-14,20,27H,15-16,18-19H2. The molecule has 5 heteroatoms. The fraction of sp³-hybridized carbons (Fsp3) is 0.179. The van der Waals surface area contributed by atoms with Crippen LogP contribution >= 0.6 is 0 Å². The first kappa shape index (κ1) is 20.9. The maximum atomic E-state index is 13.7. The third-order valence-corrected chi connectivity index (χ3v) is 6.22. The molecule has 0 saturated heterocycles. The minimum atomic E-state index is -0.230. The Morgan fingerprint density at radius 3 is 2.15 bits per heavy atom. The molecule has 0 atom stereocenters. The maximum Gasteiger partial charge on any atom is 0.258 e. The maximum absolute atomic E-state index is 13.7. The van der Waals surface area contributed by atoms with Gasteiger partial charge >= 0.3 is 0 Å². The number of fused-ring (bicyclic) bond motifs is 1. The Morgan fingerprint density at radius 1 is 0.909 bits per heavy atom. The van der Waals surface area contributed by atoms with Crippen LogP contribution in [0, 0.1) is 11.3 Å². The highest BCUT2D eigenvalue weighted by atomic mass is 16.1. The van der Waals surface area contributed by atoms with E-state index >= 15 is 0 Å². The van der Waals surface area contributed by atoms with Gasteiger partial charge in [-0.25, -0.2) is 4.98 Å². The highest BCUT2D eigenvalue weighted by Crippen LogP contribution is 2.26. The molecule has 33 heavy (non-hydrogen) atoms. The van der Waals surface area contributed by atoms with E-state index in [-0.39, 0.29) is 11.6 Å². The average molecular weight is 433 g/mol. The number of aromatic nitrogens is 2. The van der Waals surface area contributed by atoms with Crippen LogP contribution in [0.3, 0.4) is 0 Å². The molecule has 5 nitrogen and oxygen atoms in total. The second kappa shape index (κ2) is 9.23. The number of benzene rings is 3. The van der Waals surface area contributed by atoms with Gasteiger partial charge in [0.05, 0.1) is 35.3 Å². The third kappa shape index (κ3) is 4.34. The van der Waals surface area contributed by atoms with Crippen molar-refractivity contribution in [2.45, 2.75) is 25.6 Å². The van der Waals surface area contributed by atoms with Crippen LogP contribution in [0.4, 0.5) is 0 Å². The number of hydrogen-bond donors (Lipinski definition) is 0. The molecule has 5 rings (SSSR count). The molecule has 0 N–H and O–H groups in total. The summed E-state index contributed by atoms with van der Waals surface area (Å²) in [4.78, 5) is 20.7. The van der Waals surface area contributed by atoms with Crippen molar-refractivity contribution in [2.75, 3.05) is 6.54 Å². The molecule has 0 saturated carbocycles. The summed E-state index contributed by atoms with van der Waals surface area (Å²) in [5.41, 5.74) is 5.58. The SMILES string of the molecule is N#Cc1ccc(CN2CCc3ncn(C(c4ccccc4)c4ccccc4)c(=O)c3C2)cc1. The lowest BCUT2D eigenvalue weighted by molar-refractivity contribution is 0.240. The highest BCUT2D eigenvalue weighted by Gasteiger charge is 2.25. The molecule has 2 heterocycles. The summed E-state index contributed by atoms with van der Waals surface area (Å²) in [5, 5.41) is 9.02. The second-order valence-corrected chi connectivity index (χ2v) is 8.38. The zero-order valence-corrected chi connectivity index (χ0v) is 18.3. The quantitative estimate of drug-likeness (QED) is 0.471. The summed E-state index contributed by atoms with van der Waals surface area (Å²) >= 11 is 0. The topological polar surface area (TPSA) is 61.9 Å². The zero-order valence-electron chi connectivity index (χ0n) is 18.3. The van der Waals surface area contributed by atoms with Crippen LogP contribution in [-0.2, 0) is 19.5 Å². The molecular formula is C28H24N4O. The monoisotopic (exact) mass is 432 g/mol. The molecule has 0 unspecified atom stereocenters. The van der Waals surface area contributed by atoms with Crippen molar-refractivity contribution in [2.24, 2.45) is 0 Å². The van der Waals surface area contributed by atoms with Crippen LogP contribution in [0.25, 0.3) is 0 Å². The summed E-state index contributed by atoms with van der Waals surface area (Å²) in [6, 6.07) is 29.8. The van der Waals surface area contributed by atoms with Gasteiger partial charge in [0.25, 0.3) is 5.56 Å². The molecule has 1 aromatic heterocycles. The van der Waals surface area contributed by atoms with Crippen LogP contribution in [0.2, 0.25) is 0 Å². The van der Waals surface area contributed by atoms with E-state index in [0.29, 0.717) is 12.1 Å². The molecule has 3 aromatic carbocycles. The Hall–Kier alpha value is -4.01. The van der Waals surface area contributed by atoms with E-state index in [9.17, 15) is 4.79 Å². The number of nitriles is 1. The second-order valence-electron chi connectivity index (χ2n) is 8.38. The molecule has 4 aromatic rings. The average Bonchev–Trinajstić information content (AvgIpc) is 2.88. The van der Waals surface area contributed by atoms with E-state index in [1.54, 1.807) is 10.9 Å². The lowest BCUT2D eigenvalue weighted by Crippen LogP contribution is -2.38. The Morgan fingerprint density at radius 2 is 1.55 bits per heavy atom. The first-order valence-electron chi connectivity index (χ1n) is 11.1. The van der Waals surface area contributed by atoms with Gasteiger partial charge in [-0.05, 0) is 28.8 Å². The fourth-order valence-corrected chi connectivity index (χ4v) is 4.53.